The Labute approximate surface area is 215 Å². The van der Waals surface area contributed by atoms with Gasteiger partial charge in [0.05, 0.1) is 32.1 Å². The zero-order valence-electron chi connectivity index (χ0n) is 20.9. The third kappa shape index (κ3) is 7.58. The summed E-state index contributed by atoms with van der Waals surface area (Å²) in [7, 11) is -7.87. The fourth-order valence-corrected chi connectivity index (χ4v) is 5.49. The number of rotatable bonds is 13. The minimum Gasteiger partial charge on any atom is -0.404 e. The average molecular weight is 553 g/mol. The summed E-state index contributed by atoms with van der Waals surface area (Å²) in [5.41, 5.74) is 1.49. The van der Waals surface area contributed by atoms with Crippen LogP contribution in [0.2, 0.25) is 0 Å². The molecule has 0 atom stereocenters. The molecule has 1 N–H and O–H groups in total. The molecule has 37 heavy (non-hydrogen) atoms. The molecule has 14 heteroatoms. The van der Waals surface area contributed by atoms with E-state index in [1.807, 2.05) is 0 Å². The number of benzene rings is 2. The summed E-state index contributed by atoms with van der Waals surface area (Å²) < 4.78 is 57.5. The summed E-state index contributed by atoms with van der Waals surface area (Å²) in [5, 5.41) is 10.9. The first-order valence-electron chi connectivity index (χ1n) is 11.6. The Morgan fingerprint density at radius 3 is 1.97 bits per heavy atom. The Kier molecular flexibility index (Phi) is 10.2. The molecule has 0 aromatic heterocycles. The largest absolute Gasteiger partial charge is 0.531 e. The first-order chi connectivity index (χ1) is 17.8. The van der Waals surface area contributed by atoms with Crippen molar-refractivity contribution in [2.45, 2.75) is 27.7 Å². The second-order valence-electron chi connectivity index (χ2n) is 7.13. The summed E-state index contributed by atoms with van der Waals surface area (Å²) in [6.07, 6.45) is 0. The van der Waals surface area contributed by atoms with Crippen LogP contribution in [0.25, 0.3) is 0 Å². The van der Waals surface area contributed by atoms with Crippen molar-refractivity contribution >= 4 is 38.8 Å². The monoisotopic (exact) mass is 553 g/mol. The Morgan fingerprint density at radius 1 is 0.811 bits per heavy atom. The molecule has 0 spiro atoms. The molecule has 3 rings (SSSR count). The van der Waals surface area contributed by atoms with Crippen LogP contribution in [-0.2, 0) is 36.5 Å². The molecule has 200 valence electrons. The van der Waals surface area contributed by atoms with Crippen molar-refractivity contribution in [3.63, 3.8) is 0 Å². The highest BCUT2D eigenvalue weighted by atomic mass is 31.2. The molecule has 2 aromatic carbocycles. The molecule has 1 aliphatic heterocycles. The Morgan fingerprint density at radius 2 is 1.38 bits per heavy atom. The number of nitrogens with one attached hydrogen (secondary N) is 1. The van der Waals surface area contributed by atoms with Crippen LogP contribution < -0.4 is 9.84 Å². The highest BCUT2D eigenvalue weighted by Crippen LogP contribution is 2.51. The number of amides is 1. The van der Waals surface area contributed by atoms with E-state index in [0.717, 1.165) is 0 Å². The summed E-state index contributed by atoms with van der Waals surface area (Å²) in [4.78, 5) is 12.4. The van der Waals surface area contributed by atoms with Crippen LogP contribution in [0, 0.1) is 0 Å². The van der Waals surface area contributed by atoms with Gasteiger partial charge < -0.3 is 14.4 Å². The van der Waals surface area contributed by atoms with Crippen molar-refractivity contribution in [2.75, 3.05) is 31.7 Å². The second-order valence-corrected chi connectivity index (χ2v) is 10.3. The van der Waals surface area contributed by atoms with Crippen molar-refractivity contribution in [3.05, 3.63) is 59.7 Å². The van der Waals surface area contributed by atoms with E-state index in [2.05, 4.69) is 15.5 Å². The molecule has 0 fully saturated rings. The molecule has 0 saturated heterocycles. The fourth-order valence-electron chi connectivity index (χ4n) is 3.13. The van der Waals surface area contributed by atoms with Gasteiger partial charge in [-0.05, 0) is 58.0 Å². The summed E-state index contributed by atoms with van der Waals surface area (Å²) >= 11 is 0. The van der Waals surface area contributed by atoms with E-state index in [1.165, 1.54) is 24.3 Å². The minimum atomic E-state index is -4.06. The summed E-state index contributed by atoms with van der Waals surface area (Å²) in [5.74, 6) is -0.505. The first kappa shape index (κ1) is 28.7. The lowest BCUT2D eigenvalue weighted by atomic mass is 10.1. The topological polar surface area (TPSA) is 143 Å². The van der Waals surface area contributed by atoms with Crippen LogP contribution in [-0.4, -0.2) is 43.9 Å². The molecule has 12 nitrogen and oxygen atoms in total. The molecule has 0 radical (unpaired) electrons. The van der Waals surface area contributed by atoms with Crippen molar-refractivity contribution in [1.29, 1.82) is 0 Å². The molecule has 0 unspecified atom stereocenters. The van der Waals surface area contributed by atoms with E-state index in [1.54, 1.807) is 52.0 Å². The van der Waals surface area contributed by atoms with Gasteiger partial charge in [-0.25, -0.2) is 9.13 Å². The van der Waals surface area contributed by atoms with E-state index in [-0.39, 0.29) is 43.8 Å². The lowest BCUT2D eigenvalue weighted by Crippen LogP contribution is -2.15. The van der Waals surface area contributed by atoms with Crippen LogP contribution in [0.3, 0.4) is 0 Å². The highest BCUT2D eigenvalue weighted by molar-refractivity contribution is 7.49. The maximum absolute atomic E-state index is 13.1. The number of anilines is 1. The van der Waals surface area contributed by atoms with E-state index >= 15 is 0 Å². The molecule has 0 aliphatic carbocycles. The van der Waals surface area contributed by atoms with Crippen LogP contribution in [0.15, 0.2) is 58.7 Å². The SMILES string of the molecule is CCOP(=O)(OCC)O/C(=N\N=C1/C(=O)Nc2ccccc21)c1ccc(OP(=O)(OCC)OCC)cc1. The minimum absolute atomic E-state index is 0.0474. The number of hydrogen-bond donors (Lipinski definition) is 1. The first-order valence-corrected chi connectivity index (χ1v) is 14.5. The maximum Gasteiger partial charge on any atom is 0.531 e. The molecular formula is C23H29N3O9P2. The van der Waals surface area contributed by atoms with Crippen molar-refractivity contribution in [1.82, 2.24) is 0 Å². The van der Waals surface area contributed by atoms with Gasteiger partial charge in [0.1, 0.15) is 5.75 Å². The molecule has 0 saturated carbocycles. The van der Waals surface area contributed by atoms with E-state index in [0.29, 0.717) is 16.8 Å². The second kappa shape index (κ2) is 13.1. The number of phosphoric acid groups is 2. The van der Waals surface area contributed by atoms with E-state index in [9.17, 15) is 13.9 Å². The number of fused-ring (bicyclic) bond motifs is 1. The van der Waals surface area contributed by atoms with Crippen molar-refractivity contribution in [3.8, 4) is 5.75 Å². The number of carbonyl (C=O) groups is 1. The third-order valence-corrected chi connectivity index (χ3v) is 7.68. The molecule has 0 bridgehead atoms. The van der Waals surface area contributed by atoms with Crippen LogP contribution in [0.1, 0.15) is 38.8 Å². The Hall–Kier alpha value is -2.85. The van der Waals surface area contributed by atoms with Crippen molar-refractivity contribution in [2.24, 2.45) is 10.2 Å². The van der Waals surface area contributed by atoms with Gasteiger partial charge in [0.15, 0.2) is 5.71 Å². The molecular weight excluding hydrogens is 524 g/mol. The Balaban J connectivity index is 1.98. The van der Waals surface area contributed by atoms with Gasteiger partial charge in [0.25, 0.3) is 11.8 Å². The molecule has 1 aliphatic rings. The quantitative estimate of drug-likeness (QED) is 0.146. The maximum atomic E-state index is 13.1. The van der Waals surface area contributed by atoms with E-state index < -0.39 is 21.6 Å². The molecule has 1 amide bonds. The van der Waals surface area contributed by atoms with E-state index in [4.69, 9.17) is 27.1 Å². The number of phosphoric ester groups is 2. The lowest BCUT2D eigenvalue weighted by Gasteiger charge is -2.18. The zero-order chi connectivity index (χ0) is 26.9. The van der Waals surface area contributed by atoms with Gasteiger partial charge >= 0.3 is 15.6 Å². The van der Waals surface area contributed by atoms with Crippen LogP contribution >= 0.6 is 15.6 Å². The van der Waals surface area contributed by atoms with Gasteiger partial charge in [-0.3, -0.25) is 22.9 Å². The van der Waals surface area contributed by atoms with Gasteiger partial charge in [-0.2, -0.15) is 0 Å². The van der Waals surface area contributed by atoms with Gasteiger partial charge in [0, 0.05) is 11.1 Å². The predicted octanol–water partition coefficient (Wildman–Crippen LogP) is 5.55. The van der Waals surface area contributed by atoms with Crippen LogP contribution in [0.5, 0.6) is 5.75 Å². The smallest absolute Gasteiger partial charge is 0.404 e. The number of para-hydroxylation sites is 1. The van der Waals surface area contributed by atoms with Crippen molar-refractivity contribution < 1.29 is 41.1 Å². The standard InChI is InChI=1S/C23H29N3O9P2/c1-5-30-36(28,31-6-2)34-18-15-13-17(14-16-18)23(35-37(29,32-7-3)33-8-4)26-25-21-19-11-9-10-12-20(19)24-22(21)27/h9-16H,5-8H2,1-4H3,(H,24,25,27)/b26-23-. The predicted molar refractivity (Wildman–Crippen MR) is 138 cm³/mol. The van der Waals surface area contributed by atoms with Gasteiger partial charge in [-0.15, -0.1) is 10.2 Å². The van der Waals surface area contributed by atoms with Gasteiger partial charge in [-0.1, -0.05) is 18.2 Å². The third-order valence-electron chi connectivity index (χ3n) is 4.55. The summed E-state index contributed by atoms with van der Waals surface area (Å²) in [6, 6.07) is 12.9. The van der Waals surface area contributed by atoms with Crippen LogP contribution in [0.4, 0.5) is 5.69 Å². The molecule has 1 heterocycles. The average Bonchev–Trinajstić information content (AvgIpc) is 3.17. The number of carbonyl (C=O) groups excluding carboxylic acids is 1. The molecule has 2 aromatic rings. The lowest BCUT2D eigenvalue weighted by molar-refractivity contribution is -0.110. The zero-order valence-corrected chi connectivity index (χ0v) is 22.7. The van der Waals surface area contributed by atoms with Gasteiger partial charge in [0.2, 0.25) is 0 Å². The Bertz CT molecular complexity index is 1230. The summed E-state index contributed by atoms with van der Waals surface area (Å²) in [6.45, 7) is 6.94. The fraction of sp³-hybridized carbons (Fsp3) is 0.348. The number of hydrogen-bond acceptors (Lipinski definition) is 11. The highest BCUT2D eigenvalue weighted by Gasteiger charge is 2.31. The number of nitrogens with zero attached hydrogens (tertiary/aromatic N) is 2. The normalized spacial score (nSPS) is 15.0.